The molecule has 0 unspecified atom stereocenters. The van der Waals surface area contributed by atoms with Crippen LogP contribution in [0.5, 0.6) is 5.75 Å². The molecule has 1 aromatic carbocycles. The molecule has 1 heterocycles. The fraction of sp³-hybridized carbons (Fsp3) is 0.235. The molecule has 1 aromatic heterocycles. The molecule has 2 rings (SSSR count). The number of benzene rings is 1. The van der Waals surface area contributed by atoms with Gasteiger partial charge in [0.05, 0.1) is 31.2 Å². The molecule has 6 nitrogen and oxygen atoms in total. The van der Waals surface area contributed by atoms with Gasteiger partial charge < -0.3 is 14.6 Å². The molecule has 0 radical (unpaired) electrons. The molecule has 120 valence electrons. The third-order valence-corrected chi connectivity index (χ3v) is 3.42. The lowest BCUT2D eigenvalue weighted by molar-refractivity contribution is 0.0550. The van der Waals surface area contributed by atoms with Crippen LogP contribution in [0.3, 0.4) is 0 Å². The summed E-state index contributed by atoms with van der Waals surface area (Å²) in [6.07, 6.45) is 0.318. The molecule has 23 heavy (non-hydrogen) atoms. The van der Waals surface area contributed by atoms with Crippen molar-refractivity contribution in [2.45, 2.75) is 13.3 Å². The van der Waals surface area contributed by atoms with Gasteiger partial charge in [-0.15, -0.1) is 0 Å². The van der Waals surface area contributed by atoms with E-state index < -0.39 is 11.9 Å². The van der Waals surface area contributed by atoms with Crippen LogP contribution in [0, 0.1) is 6.92 Å². The predicted octanol–water partition coefficient (Wildman–Crippen LogP) is 2.26. The summed E-state index contributed by atoms with van der Waals surface area (Å²) >= 11 is 0. The first-order chi connectivity index (χ1) is 11.0. The van der Waals surface area contributed by atoms with E-state index in [4.69, 9.17) is 0 Å². The normalized spacial score (nSPS) is 10.2. The lowest BCUT2D eigenvalue weighted by Gasteiger charge is -2.14. The summed E-state index contributed by atoms with van der Waals surface area (Å²) in [5.74, 6) is -1.94. The number of aromatic nitrogens is 1. The van der Waals surface area contributed by atoms with Crippen LogP contribution in [0.1, 0.15) is 37.7 Å². The first kappa shape index (κ1) is 16.5. The highest BCUT2D eigenvalue weighted by atomic mass is 16.5. The Morgan fingerprint density at radius 2 is 1.61 bits per heavy atom. The van der Waals surface area contributed by atoms with E-state index in [9.17, 15) is 14.7 Å². The highest BCUT2D eigenvalue weighted by Crippen LogP contribution is 2.29. The Hall–Kier alpha value is -2.89. The maximum Gasteiger partial charge on any atom is 0.342 e. The Kier molecular flexibility index (Phi) is 4.95. The molecule has 0 saturated heterocycles. The van der Waals surface area contributed by atoms with Crippen LogP contribution in [0.25, 0.3) is 0 Å². The van der Waals surface area contributed by atoms with E-state index in [2.05, 4.69) is 14.5 Å². The summed E-state index contributed by atoms with van der Waals surface area (Å²) in [4.78, 5) is 28.2. The Labute approximate surface area is 133 Å². The number of nitrogens with zero attached hydrogens (tertiary/aromatic N) is 1. The maximum absolute atomic E-state index is 12.0. The van der Waals surface area contributed by atoms with Crippen molar-refractivity contribution in [2.24, 2.45) is 0 Å². The highest BCUT2D eigenvalue weighted by molar-refractivity contribution is 6.05. The number of hydrogen-bond acceptors (Lipinski definition) is 6. The summed E-state index contributed by atoms with van der Waals surface area (Å²) in [5.41, 5.74) is 1.19. The van der Waals surface area contributed by atoms with Gasteiger partial charge in [0.15, 0.2) is 5.75 Å². The van der Waals surface area contributed by atoms with Crippen molar-refractivity contribution < 1.29 is 24.2 Å². The SMILES string of the molecule is COC(=O)c1c(C)nc(Cc2ccccc2)c(O)c1C(=O)OC. The molecule has 0 fully saturated rings. The van der Waals surface area contributed by atoms with E-state index in [1.54, 1.807) is 6.92 Å². The standard InChI is InChI=1S/C17H17NO5/c1-10-13(16(20)22-2)14(17(21)23-3)15(19)12(18-10)9-11-7-5-4-6-8-11/h4-8,19H,9H2,1-3H3. The number of rotatable bonds is 4. The number of aromatic hydroxyl groups is 1. The molecule has 0 aliphatic rings. The van der Waals surface area contributed by atoms with Crippen LogP contribution in [-0.4, -0.2) is 36.2 Å². The van der Waals surface area contributed by atoms with Gasteiger partial charge in [0.25, 0.3) is 0 Å². The zero-order chi connectivity index (χ0) is 17.0. The molecule has 0 aliphatic carbocycles. The minimum Gasteiger partial charge on any atom is -0.505 e. The largest absolute Gasteiger partial charge is 0.505 e. The number of ether oxygens (including phenoxy) is 2. The quantitative estimate of drug-likeness (QED) is 0.871. The number of methoxy groups -OCH3 is 2. The Bertz CT molecular complexity index is 740. The lowest BCUT2D eigenvalue weighted by atomic mass is 10.0. The van der Waals surface area contributed by atoms with Crippen molar-refractivity contribution in [3.05, 3.63) is 58.4 Å². The van der Waals surface area contributed by atoms with E-state index >= 15 is 0 Å². The molecular weight excluding hydrogens is 298 g/mol. The fourth-order valence-corrected chi connectivity index (χ4v) is 2.32. The van der Waals surface area contributed by atoms with E-state index in [1.807, 2.05) is 30.3 Å². The zero-order valence-electron chi connectivity index (χ0n) is 13.1. The van der Waals surface area contributed by atoms with Gasteiger partial charge in [-0.25, -0.2) is 9.59 Å². The number of pyridine rings is 1. The zero-order valence-corrected chi connectivity index (χ0v) is 13.1. The molecule has 0 bridgehead atoms. The average Bonchev–Trinajstić information content (AvgIpc) is 2.57. The minimum atomic E-state index is -0.817. The van der Waals surface area contributed by atoms with E-state index in [0.717, 1.165) is 5.56 Å². The fourth-order valence-electron chi connectivity index (χ4n) is 2.32. The molecule has 0 saturated carbocycles. The second-order valence-electron chi connectivity index (χ2n) is 4.89. The highest BCUT2D eigenvalue weighted by Gasteiger charge is 2.28. The Balaban J connectivity index is 2.60. The first-order valence-electron chi connectivity index (χ1n) is 6.92. The summed E-state index contributed by atoms with van der Waals surface area (Å²) in [6, 6.07) is 9.36. The summed E-state index contributed by atoms with van der Waals surface area (Å²) in [7, 11) is 2.37. The van der Waals surface area contributed by atoms with Crippen LogP contribution in [0.4, 0.5) is 0 Å². The van der Waals surface area contributed by atoms with Crippen molar-refractivity contribution in [3.63, 3.8) is 0 Å². The molecular formula is C17H17NO5. The van der Waals surface area contributed by atoms with Crippen molar-refractivity contribution in [1.29, 1.82) is 0 Å². The van der Waals surface area contributed by atoms with Crippen LogP contribution >= 0.6 is 0 Å². The topological polar surface area (TPSA) is 85.7 Å². The van der Waals surface area contributed by atoms with Crippen LogP contribution in [0.15, 0.2) is 30.3 Å². The number of hydrogen-bond donors (Lipinski definition) is 1. The maximum atomic E-state index is 12.0. The molecule has 0 aliphatic heterocycles. The van der Waals surface area contributed by atoms with E-state index in [0.29, 0.717) is 17.8 Å². The number of aryl methyl sites for hydroxylation is 1. The lowest BCUT2D eigenvalue weighted by Crippen LogP contribution is -2.16. The van der Waals surface area contributed by atoms with Crippen molar-refractivity contribution >= 4 is 11.9 Å². The second kappa shape index (κ2) is 6.91. The predicted molar refractivity (Wildman–Crippen MR) is 82.6 cm³/mol. The molecule has 6 heteroatoms. The number of esters is 2. The van der Waals surface area contributed by atoms with Crippen molar-refractivity contribution in [1.82, 2.24) is 4.98 Å². The van der Waals surface area contributed by atoms with Crippen LogP contribution in [0.2, 0.25) is 0 Å². The van der Waals surface area contributed by atoms with Gasteiger partial charge >= 0.3 is 11.9 Å². The summed E-state index contributed by atoms with van der Waals surface area (Å²) in [5, 5.41) is 10.4. The van der Waals surface area contributed by atoms with Crippen LogP contribution < -0.4 is 0 Å². The number of carbonyl (C=O) groups is 2. The molecule has 2 aromatic rings. The van der Waals surface area contributed by atoms with Gasteiger partial charge in [-0.05, 0) is 12.5 Å². The second-order valence-corrected chi connectivity index (χ2v) is 4.89. The monoisotopic (exact) mass is 315 g/mol. The van der Waals surface area contributed by atoms with Gasteiger partial charge in [-0.2, -0.15) is 0 Å². The van der Waals surface area contributed by atoms with Crippen molar-refractivity contribution in [2.75, 3.05) is 14.2 Å². The number of carbonyl (C=O) groups excluding carboxylic acids is 2. The molecule has 0 atom stereocenters. The third kappa shape index (κ3) is 3.31. The molecule has 1 N–H and O–H groups in total. The molecule has 0 amide bonds. The van der Waals surface area contributed by atoms with Gasteiger partial charge in [0.1, 0.15) is 5.56 Å². The van der Waals surface area contributed by atoms with E-state index in [1.165, 1.54) is 14.2 Å². The minimum absolute atomic E-state index is 0.0892. The smallest absolute Gasteiger partial charge is 0.342 e. The summed E-state index contributed by atoms with van der Waals surface area (Å²) < 4.78 is 9.35. The molecule has 0 spiro atoms. The average molecular weight is 315 g/mol. The Morgan fingerprint density at radius 3 is 2.17 bits per heavy atom. The van der Waals surface area contributed by atoms with Crippen LogP contribution in [-0.2, 0) is 15.9 Å². The van der Waals surface area contributed by atoms with Crippen molar-refractivity contribution in [3.8, 4) is 5.75 Å². The van der Waals surface area contributed by atoms with Gasteiger partial charge in [0.2, 0.25) is 0 Å². The first-order valence-corrected chi connectivity index (χ1v) is 6.92. The Morgan fingerprint density at radius 1 is 1.04 bits per heavy atom. The van der Waals surface area contributed by atoms with Gasteiger partial charge in [-0.3, -0.25) is 4.98 Å². The third-order valence-electron chi connectivity index (χ3n) is 3.42. The van der Waals surface area contributed by atoms with Gasteiger partial charge in [0, 0.05) is 6.42 Å². The van der Waals surface area contributed by atoms with E-state index in [-0.39, 0.29) is 16.9 Å². The summed E-state index contributed by atoms with van der Waals surface area (Å²) in [6.45, 7) is 1.58. The van der Waals surface area contributed by atoms with Gasteiger partial charge in [-0.1, -0.05) is 30.3 Å².